The molecule has 0 radical (unpaired) electrons. The highest BCUT2D eigenvalue weighted by Gasteiger charge is 2.14. The molecule has 0 spiro atoms. The smallest absolute Gasteiger partial charge is 0.151 e. The van der Waals surface area contributed by atoms with Crippen LogP contribution < -0.4 is 0 Å². The van der Waals surface area contributed by atoms with Gasteiger partial charge in [0.05, 0.1) is 13.2 Å². The number of nitrogens with zero attached hydrogens (tertiary/aromatic N) is 1. The van der Waals surface area contributed by atoms with Crippen LogP contribution in [0.15, 0.2) is 24.3 Å². The third-order valence-electron chi connectivity index (χ3n) is 3.01. The monoisotopic (exact) mass is 267 g/mol. The normalized spacial score (nSPS) is 11.3. The van der Waals surface area contributed by atoms with Gasteiger partial charge in [0.1, 0.15) is 5.82 Å². The average molecular weight is 267 g/mol. The fourth-order valence-electron chi connectivity index (χ4n) is 1.84. The molecule has 19 heavy (non-hydrogen) atoms. The highest BCUT2D eigenvalue weighted by atomic mass is 19.1. The molecule has 0 aliphatic rings. The molecule has 0 unspecified atom stereocenters. The summed E-state index contributed by atoms with van der Waals surface area (Å²) in [7, 11) is 1.65. The molecule has 0 aliphatic carbocycles. The lowest BCUT2D eigenvalue weighted by atomic mass is 10.1. The maximum absolute atomic E-state index is 12.8. The number of methoxy groups -OCH3 is 1. The summed E-state index contributed by atoms with van der Waals surface area (Å²) in [5.41, 5.74) is 0.849. The van der Waals surface area contributed by atoms with Gasteiger partial charge in [0.25, 0.3) is 0 Å². The number of rotatable bonds is 8. The highest BCUT2D eigenvalue weighted by Crippen LogP contribution is 2.06. The highest BCUT2D eigenvalue weighted by molar-refractivity contribution is 5.82. The lowest BCUT2D eigenvalue weighted by Gasteiger charge is -2.25. The number of Topliss-reactive ketones (excluding diaryl/α,β-unsaturated/α-hetero) is 1. The van der Waals surface area contributed by atoms with Crippen molar-refractivity contribution in [3.63, 3.8) is 0 Å². The fraction of sp³-hybridized carbons (Fsp3) is 0.533. The quantitative estimate of drug-likeness (QED) is 0.724. The third-order valence-corrected chi connectivity index (χ3v) is 3.01. The van der Waals surface area contributed by atoms with Gasteiger partial charge < -0.3 is 4.74 Å². The Morgan fingerprint density at radius 1 is 1.32 bits per heavy atom. The van der Waals surface area contributed by atoms with Crippen molar-refractivity contribution in [3.8, 4) is 0 Å². The number of carbonyl (C=O) groups excluding carboxylic acids is 1. The molecular weight excluding hydrogens is 245 g/mol. The van der Waals surface area contributed by atoms with Crippen molar-refractivity contribution >= 4 is 5.78 Å². The first kappa shape index (κ1) is 15.8. The summed E-state index contributed by atoms with van der Waals surface area (Å²) in [6.45, 7) is 5.87. The molecule has 0 heterocycles. The second-order valence-electron chi connectivity index (χ2n) is 4.90. The van der Waals surface area contributed by atoms with Crippen molar-refractivity contribution in [1.82, 2.24) is 4.90 Å². The Morgan fingerprint density at radius 2 is 1.95 bits per heavy atom. The summed E-state index contributed by atoms with van der Waals surface area (Å²) in [5, 5.41) is 0. The van der Waals surface area contributed by atoms with Gasteiger partial charge in [-0.05, 0) is 31.5 Å². The van der Waals surface area contributed by atoms with Crippen molar-refractivity contribution in [2.75, 3.05) is 26.8 Å². The fourth-order valence-corrected chi connectivity index (χ4v) is 1.84. The summed E-state index contributed by atoms with van der Waals surface area (Å²) in [6, 6.07) is 6.37. The van der Waals surface area contributed by atoms with Gasteiger partial charge in [0, 0.05) is 26.1 Å². The number of ketones is 1. The Kier molecular flexibility index (Phi) is 6.67. The maximum atomic E-state index is 12.8. The number of halogens is 1. The molecule has 0 saturated carbocycles. The van der Waals surface area contributed by atoms with Gasteiger partial charge in [-0.15, -0.1) is 0 Å². The molecule has 0 atom stereocenters. The van der Waals surface area contributed by atoms with E-state index < -0.39 is 0 Å². The van der Waals surface area contributed by atoms with Crippen molar-refractivity contribution in [2.24, 2.45) is 0 Å². The molecule has 1 rings (SSSR count). The van der Waals surface area contributed by atoms with Crippen LogP contribution in [0.3, 0.4) is 0 Å². The molecule has 1 aromatic rings. The van der Waals surface area contributed by atoms with E-state index in [1.165, 1.54) is 12.1 Å². The molecule has 3 nitrogen and oxygen atoms in total. The van der Waals surface area contributed by atoms with Crippen LogP contribution in [-0.4, -0.2) is 43.5 Å². The number of ether oxygens (including phenoxy) is 1. The first-order chi connectivity index (χ1) is 9.02. The van der Waals surface area contributed by atoms with E-state index in [1.807, 2.05) is 0 Å². The summed E-state index contributed by atoms with van der Waals surface area (Å²) in [5.74, 6) is -0.142. The first-order valence-corrected chi connectivity index (χ1v) is 6.52. The molecule has 0 aromatic heterocycles. The van der Waals surface area contributed by atoms with Gasteiger partial charge in [-0.3, -0.25) is 9.69 Å². The SMILES string of the molecule is COCCN(CC(=O)Cc1ccc(F)cc1)C(C)C. The van der Waals surface area contributed by atoms with Crippen molar-refractivity contribution in [2.45, 2.75) is 26.3 Å². The molecule has 0 aliphatic heterocycles. The van der Waals surface area contributed by atoms with Crippen LogP contribution in [0.2, 0.25) is 0 Å². The van der Waals surface area contributed by atoms with E-state index in [0.29, 0.717) is 25.6 Å². The van der Waals surface area contributed by atoms with Crippen LogP contribution in [0.4, 0.5) is 4.39 Å². The van der Waals surface area contributed by atoms with Gasteiger partial charge in [-0.1, -0.05) is 12.1 Å². The first-order valence-electron chi connectivity index (χ1n) is 6.52. The van der Waals surface area contributed by atoms with Crippen LogP contribution >= 0.6 is 0 Å². The Balaban J connectivity index is 2.50. The summed E-state index contributed by atoms with van der Waals surface area (Å²) in [4.78, 5) is 14.1. The Bertz CT molecular complexity index is 390. The predicted octanol–water partition coefficient (Wildman–Crippen LogP) is 2.29. The molecule has 106 valence electrons. The molecule has 0 N–H and O–H groups in total. The standard InChI is InChI=1S/C15H22FNO2/c1-12(2)17(8-9-19-3)11-15(18)10-13-4-6-14(16)7-5-13/h4-7,12H,8-11H2,1-3H3. The van der Waals surface area contributed by atoms with Crippen molar-refractivity contribution in [3.05, 3.63) is 35.6 Å². The van der Waals surface area contributed by atoms with E-state index in [4.69, 9.17) is 4.74 Å². The zero-order valence-electron chi connectivity index (χ0n) is 11.9. The number of benzene rings is 1. The zero-order chi connectivity index (χ0) is 14.3. The number of hydrogen-bond donors (Lipinski definition) is 0. The number of carbonyl (C=O) groups is 1. The third kappa shape index (κ3) is 5.94. The van der Waals surface area contributed by atoms with Gasteiger partial charge in [-0.25, -0.2) is 4.39 Å². The van der Waals surface area contributed by atoms with Crippen LogP contribution in [0.1, 0.15) is 19.4 Å². The van der Waals surface area contributed by atoms with Gasteiger partial charge >= 0.3 is 0 Å². The van der Waals surface area contributed by atoms with Gasteiger partial charge in [0.15, 0.2) is 5.78 Å². The molecular formula is C15H22FNO2. The van der Waals surface area contributed by atoms with Gasteiger partial charge in [0.2, 0.25) is 0 Å². The van der Waals surface area contributed by atoms with Crippen LogP contribution in [-0.2, 0) is 16.0 Å². The Morgan fingerprint density at radius 3 is 2.47 bits per heavy atom. The van der Waals surface area contributed by atoms with E-state index in [-0.39, 0.29) is 11.6 Å². The lowest BCUT2D eigenvalue weighted by molar-refractivity contribution is -0.120. The van der Waals surface area contributed by atoms with Crippen LogP contribution in [0, 0.1) is 5.82 Å². The van der Waals surface area contributed by atoms with E-state index in [2.05, 4.69) is 18.7 Å². The van der Waals surface area contributed by atoms with Crippen LogP contribution in [0.5, 0.6) is 0 Å². The Labute approximate surface area is 114 Å². The minimum atomic E-state index is -0.278. The maximum Gasteiger partial charge on any atom is 0.151 e. The largest absolute Gasteiger partial charge is 0.383 e. The average Bonchev–Trinajstić information content (AvgIpc) is 2.37. The van der Waals surface area contributed by atoms with Crippen LogP contribution in [0.25, 0.3) is 0 Å². The van der Waals surface area contributed by atoms with E-state index in [0.717, 1.165) is 12.1 Å². The topological polar surface area (TPSA) is 29.5 Å². The molecule has 0 fully saturated rings. The molecule has 0 amide bonds. The second kappa shape index (κ2) is 8.02. The summed E-state index contributed by atoms with van der Waals surface area (Å²) >= 11 is 0. The molecule has 0 bridgehead atoms. The Hall–Kier alpha value is -1.26. The minimum absolute atomic E-state index is 0.136. The van der Waals surface area contributed by atoms with E-state index in [1.54, 1.807) is 19.2 Å². The molecule has 0 saturated heterocycles. The minimum Gasteiger partial charge on any atom is -0.383 e. The molecule has 4 heteroatoms. The second-order valence-corrected chi connectivity index (χ2v) is 4.90. The van der Waals surface area contributed by atoms with Crippen molar-refractivity contribution < 1.29 is 13.9 Å². The lowest BCUT2D eigenvalue weighted by Crippen LogP contribution is -2.38. The van der Waals surface area contributed by atoms with E-state index >= 15 is 0 Å². The zero-order valence-corrected chi connectivity index (χ0v) is 11.9. The molecule has 1 aromatic carbocycles. The predicted molar refractivity (Wildman–Crippen MR) is 73.7 cm³/mol. The van der Waals surface area contributed by atoms with Gasteiger partial charge in [-0.2, -0.15) is 0 Å². The summed E-state index contributed by atoms with van der Waals surface area (Å²) in [6.07, 6.45) is 0.344. The van der Waals surface area contributed by atoms with E-state index in [9.17, 15) is 9.18 Å². The number of hydrogen-bond acceptors (Lipinski definition) is 3. The summed E-state index contributed by atoms with van der Waals surface area (Å²) < 4.78 is 17.8. The van der Waals surface area contributed by atoms with Crippen molar-refractivity contribution in [1.29, 1.82) is 0 Å².